The van der Waals surface area contributed by atoms with E-state index in [1.807, 2.05) is 37.4 Å². The molecule has 2 heterocycles. The molecule has 1 aromatic carbocycles. The molecule has 0 fully saturated rings. The number of anilines is 1. The minimum absolute atomic E-state index is 0.246. The summed E-state index contributed by atoms with van der Waals surface area (Å²) < 4.78 is 26.7. The molecule has 3 aromatic rings. The zero-order valence-corrected chi connectivity index (χ0v) is 13.6. The molecule has 0 saturated heterocycles. The van der Waals surface area contributed by atoms with Gasteiger partial charge >= 0.3 is 0 Å². The number of hydrogen-bond donors (Lipinski definition) is 0. The first kappa shape index (κ1) is 14.1. The lowest BCUT2D eigenvalue weighted by molar-refractivity contribution is 0.582. The van der Waals surface area contributed by atoms with Crippen LogP contribution in [-0.4, -0.2) is 31.7 Å². The van der Waals surface area contributed by atoms with Crippen LogP contribution in [-0.2, 0) is 10.0 Å². The van der Waals surface area contributed by atoms with Crippen LogP contribution in [0.1, 0.15) is 5.56 Å². The molecule has 0 saturated carbocycles. The first-order valence-corrected chi connectivity index (χ1v) is 8.69. The Hall–Kier alpha value is -1.86. The predicted molar refractivity (Wildman–Crippen MR) is 85.7 cm³/mol. The maximum atomic E-state index is 12.8. The van der Waals surface area contributed by atoms with Gasteiger partial charge in [0.1, 0.15) is 4.83 Å². The normalized spacial score (nSPS) is 12.0. The average Bonchev–Trinajstić information content (AvgIpc) is 2.99. The van der Waals surface area contributed by atoms with E-state index in [1.165, 1.54) is 11.3 Å². The largest absolute Gasteiger partial charge is 0.361 e. The summed E-state index contributed by atoms with van der Waals surface area (Å²) >= 11 is 1.37. The number of hydrogen-bond acceptors (Lipinski definition) is 5. The van der Waals surface area contributed by atoms with E-state index >= 15 is 0 Å². The van der Waals surface area contributed by atoms with Gasteiger partial charge in [0.05, 0.1) is 10.3 Å². The van der Waals surface area contributed by atoms with Crippen LogP contribution in [0.15, 0.2) is 40.6 Å². The molecule has 0 amide bonds. The number of thiophene rings is 1. The Kier molecular flexibility index (Phi) is 3.26. The second-order valence-corrected chi connectivity index (χ2v) is 7.68. The molecule has 21 heavy (non-hydrogen) atoms. The van der Waals surface area contributed by atoms with E-state index in [0.717, 1.165) is 15.0 Å². The average molecular weight is 321 g/mol. The molecule has 3 rings (SSSR count). The minimum atomic E-state index is -3.68. The van der Waals surface area contributed by atoms with E-state index in [-0.39, 0.29) is 4.90 Å². The van der Waals surface area contributed by atoms with Gasteiger partial charge in [0, 0.05) is 14.1 Å². The van der Waals surface area contributed by atoms with Crippen molar-refractivity contribution in [3.8, 4) is 0 Å². The van der Waals surface area contributed by atoms with Crippen molar-refractivity contribution < 1.29 is 8.42 Å². The fourth-order valence-electron chi connectivity index (χ4n) is 2.11. The number of aryl methyl sites for hydroxylation is 1. The van der Waals surface area contributed by atoms with E-state index in [0.29, 0.717) is 10.6 Å². The Morgan fingerprint density at radius 1 is 1.14 bits per heavy atom. The summed E-state index contributed by atoms with van der Waals surface area (Å²) in [7, 11) is 0.0233. The summed E-state index contributed by atoms with van der Waals surface area (Å²) in [6, 6.07) is 8.69. The molecule has 0 aliphatic carbocycles. The molecule has 0 unspecified atom stereocenters. The third-order valence-electron chi connectivity index (χ3n) is 3.22. The van der Waals surface area contributed by atoms with Crippen LogP contribution in [0.3, 0.4) is 0 Å². The van der Waals surface area contributed by atoms with Crippen LogP contribution in [0.25, 0.3) is 10.2 Å². The van der Waals surface area contributed by atoms with Gasteiger partial charge in [-0.2, -0.15) is 8.42 Å². The lowest BCUT2D eigenvalue weighted by Gasteiger charge is -2.08. The predicted octanol–water partition coefficient (Wildman–Crippen LogP) is 2.71. The third kappa shape index (κ3) is 2.22. The van der Waals surface area contributed by atoms with Crippen LogP contribution < -0.4 is 4.90 Å². The zero-order chi connectivity index (χ0) is 15.2. The molecular formula is C14H15N3O2S2. The molecule has 0 atom stereocenters. The molecule has 0 N–H and O–H groups in total. The minimum Gasteiger partial charge on any atom is -0.361 e. The highest BCUT2D eigenvalue weighted by Gasteiger charge is 2.24. The molecule has 0 bridgehead atoms. The van der Waals surface area contributed by atoms with Gasteiger partial charge in [0.2, 0.25) is 0 Å². The summed E-state index contributed by atoms with van der Waals surface area (Å²) in [5.74, 6) is 0.655. The highest BCUT2D eigenvalue weighted by atomic mass is 32.2. The van der Waals surface area contributed by atoms with Gasteiger partial charge < -0.3 is 4.90 Å². The van der Waals surface area contributed by atoms with Crippen molar-refractivity contribution in [2.75, 3.05) is 19.0 Å². The van der Waals surface area contributed by atoms with Gasteiger partial charge in [-0.3, -0.25) is 0 Å². The molecule has 0 radical (unpaired) electrons. The summed E-state index contributed by atoms with van der Waals surface area (Å²) in [5.41, 5.74) is 1.02. The number of fused-ring (bicyclic) bond motifs is 1. The van der Waals surface area contributed by atoms with Crippen LogP contribution in [0.5, 0.6) is 0 Å². The maximum absolute atomic E-state index is 12.8. The molecular weight excluding hydrogens is 306 g/mol. The van der Waals surface area contributed by atoms with Gasteiger partial charge in [-0.1, -0.05) is 17.7 Å². The Morgan fingerprint density at radius 3 is 2.43 bits per heavy atom. The van der Waals surface area contributed by atoms with Gasteiger partial charge in [-0.15, -0.1) is 20.5 Å². The first-order valence-electron chi connectivity index (χ1n) is 6.37. The molecule has 0 aliphatic heterocycles. The van der Waals surface area contributed by atoms with Crippen LogP contribution in [0.4, 0.5) is 5.82 Å². The fourth-order valence-corrected chi connectivity index (χ4v) is 4.46. The monoisotopic (exact) mass is 321 g/mol. The maximum Gasteiger partial charge on any atom is 0.284 e. The second kappa shape index (κ2) is 4.85. The number of aromatic nitrogens is 2. The molecule has 5 nitrogen and oxygen atoms in total. The highest BCUT2D eigenvalue weighted by Crippen LogP contribution is 2.31. The van der Waals surface area contributed by atoms with Crippen molar-refractivity contribution in [1.29, 1.82) is 0 Å². The summed E-state index contributed by atoms with van der Waals surface area (Å²) in [6.07, 6.45) is 0. The Morgan fingerprint density at radius 2 is 1.81 bits per heavy atom. The standard InChI is InChI=1S/C14H15N3O2S2/c1-10-4-6-11(7-5-10)21(18,19)17-14-12(8-9-20-14)13(15-17)16(2)3/h4-9H,1-3H3. The van der Waals surface area contributed by atoms with E-state index in [1.54, 1.807) is 24.3 Å². The third-order valence-corrected chi connectivity index (χ3v) is 5.81. The topological polar surface area (TPSA) is 55.2 Å². The van der Waals surface area contributed by atoms with Gasteiger partial charge in [0.25, 0.3) is 10.0 Å². The Bertz CT molecular complexity index is 890. The van der Waals surface area contributed by atoms with Crippen molar-refractivity contribution >= 4 is 37.4 Å². The number of rotatable bonds is 3. The summed E-state index contributed by atoms with van der Waals surface area (Å²) in [5, 5.41) is 7.01. The Labute approximate surface area is 127 Å². The quantitative estimate of drug-likeness (QED) is 0.744. The molecule has 0 spiro atoms. The Balaban J connectivity index is 2.24. The first-order chi connectivity index (χ1) is 9.91. The van der Waals surface area contributed by atoms with Crippen LogP contribution in [0, 0.1) is 6.92 Å². The summed E-state index contributed by atoms with van der Waals surface area (Å²) in [4.78, 5) is 2.70. The lowest BCUT2D eigenvalue weighted by Crippen LogP contribution is -2.16. The zero-order valence-electron chi connectivity index (χ0n) is 11.9. The van der Waals surface area contributed by atoms with Crippen molar-refractivity contribution in [2.45, 2.75) is 11.8 Å². The van der Waals surface area contributed by atoms with Crippen molar-refractivity contribution in [1.82, 2.24) is 9.19 Å². The van der Waals surface area contributed by atoms with Gasteiger partial charge in [0.15, 0.2) is 5.82 Å². The van der Waals surface area contributed by atoms with Crippen molar-refractivity contribution in [3.05, 3.63) is 41.3 Å². The fraction of sp³-hybridized carbons (Fsp3) is 0.214. The van der Waals surface area contributed by atoms with Crippen molar-refractivity contribution in [3.63, 3.8) is 0 Å². The van der Waals surface area contributed by atoms with E-state index in [4.69, 9.17) is 0 Å². The SMILES string of the molecule is Cc1ccc(S(=O)(=O)n2nc(N(C)C)c3ccsc32)cc1. The van der Waals surface area contributed by atoms with Crippen molar-refractivity contribution in [2.24, 2.45) is 0 Å². The van der Waals surface area contributed by atoms with Crippen LogP contribution >= 0.6 is 11.3 Å². The lowest BCUT2D eigenvalue weighted by atomic mass is 10.2. The number of benzene rings is 1. The molecule has 7 heteroatoms. The van der Waals surface area contributed by atoms with Gasteiger partial charge in [-0.25, -0.2) is 0 Å². The van der Waals surface area contributed by atoms with Gasteiger partial charge in [-0.05, 0) is 30.5 Å². The second-order valence-electron chi connectivity index (χ2n) is 5.02. The van der Waals surface area contributed by atoms with E-state index in [9.17, 15) is 8.42 Å². The van der Waals surface area contributed by atoms with E-state index < -0.39 is 10.0 Å². The number of nitrogens with zero attached hydrogens (tertiary/aromatic N) is 3. The smallest absolute Gasteiger partial charge is 0.284 e. The molecule has 2 aromatic heterocycles. The van der Waals surface area contributed by atoms with E-state index in [2.05, 4.69) is 5.10 Å². The highest BCUT2D eigenvalue weighted by molar-refractivity contribution is 7.90. The molecule has 110 valence electrons. The molecule has 0 aliphatic rings. The van der Waals surface area contributed by atoms with Crippen LogP contribution in [0.2, 0.25) is 0 Å². The summed E-state index contributed by atoms with van der Waals surface area (Å²) in [6.45, 7) is 1.92.